The van der Waals surface area contributed by atoms with Gasteiger partial charge in [-0.25, -0.2) is 9.78 Å². The number of rotatable bonds is 4. The average molecular weight is 324 g/mol. The lowest BCUT2D eigenvalue weighted by molar-refractivity contribution is 0.0413. The van der Waals surface area contributed by atoms with Gasteiger partial charge in [0.1, 0.15) is 6.10 Å². The van der Waals surface area contributed by atoms with E-state index in [0.717, 1.165) is 4.88 Å². The lowest BCUT2D eigenvalue weighted by Gasteiger charge is -2.38. The second kappa shape index (κ2) is 6.32. The Labute approximate surface area is 131 Å². The van der Waals surface area contributed by atoms with Crippen molar-refractivity contribution in [1.29, 1.82) is 0 Å². The molecule has 0 atom stereocenters. The van der Waals surface area contributed by atoms with Crippen molar-refractivity contribution in [1.82, 2.24) is 15.2 Å². The zero-order chi connectivity index (χ0) is 14.7. The zero-order valence-electron chi connectivity index (χ0n) is 11.2. The quantitative estimate of drug-likeness (QED) is 0.941. The van der Waals surface area contributed by atoms with Crippen LogP contribution in [0.2, 0.25) is 5.02 Å². The van der Waals surface area contributed by atoms with Crippen LogP contribution in [0.4, 0.5) is 4.79 Å². The molecule has 2 aromatic rings. The summed E-state index contributed by atoms with van der Waals surface area (Å²) in [6.07, 6.45) is 1.53. The van der Waals surface area contributed by atoms with Gasteiger partial charge in [0, 0.05) is 17.1 Å². The number of carbonyl (C=O) groups excluding carboxylic acids is 1. The van der Waals surface area contributed by atoms with E-state index < -0.39 is 0 Å². The number of pyridine rings is 1. The Hall–Kier alpha value is -1.79. The number of halogens is 1. The molecule has 1 fully saturated rings. The second-order valence-corrected chi connectivity index (χ2v) is 6.17. The second-order valence-electron chi connectivity index (χ2n) is 4.70. The van der Waals surface area contributed by atoms with Gasteiger partial charge >= 0.3 is 6.03 Å². The van der Waals surface area contributed by atoms with Crippen molar-refractivity contribution in [3.8, 4) is 5.88 Å². The normalized spacial score (nSPS) is 14.6. The van der Waals surface area contributed by atoms with Crippen LogP contribution < -0.4 is 10.1 Å². The van der Waals surface area contributed by atoms with E-state index in [1.165, 1.54) is 0 Å². The highest BCUT2D eigenvalue weighted by atomic mass is 35.5. The van der Waals surface area contributed by atoms with Crippen LogP contribution in [-0.2, 0) is 6.54 Å². The third-order valence-corrected chi connectivity index (χ3v) is 4.22. The maximum atomic E-state index is 11.9. The smallest absolute Gasteiger partial charge is 0.317 e. The minimum absolute atomic E-state index is 0.00818. The minimum atomic E-state index is -0.0627. The van der Waals surface area contributed by atoms with Gasteiger partial charge in [-0.1, -0.05) is 17.7 Å². The molecule has 1 N–H and O–H groups in total. The Balaban J connectivity index is 1.40. The number of thiophene rings is 1. The first-order valence-corrected chi connectivity index (χ1v) is 7.80. The summed E-state index contributed by atoms with van der Waals surface area (Å²) < 4.78 is 5.65. The van der Waals surface area contributed by atoms with Crippen molar-refractivity contribution in [3.63, 3.8) is 0 Å². The maximum Gasteiger partial charge on any atom is 0.317 e. The number of likely N-dealkylation sites (tertiary alicyclic amines) is 1. The molecular weight excluding hydrogens is 310 g/mol. The number of carbonyl (C=O) groups is 1. The highest BCUT2D eigenvalue weighted by Crippen LogP contribution is 2.18. The van der Waals surface area contributed by atoms with Crippen LogP contribution in [-0.4, -0.2) is 35.1 Å². The molecule has 2 amide bonds. The Morgan fingerprint density at radius 2 is 2.33 bits per heavy atom. The fourth-order valence-corrected chi connectivity index (χ4v) is 2.73. The van der Waals surface area contributed by atoms with Gasteiger partial charge < -0.3 is 15.0 Å². The van der Waals surface area contributed by atoms with Gasteiger partial charge in [0.2, 0.25) is 5.88 Å². The molecule has 0 spiro atoms. The molecule has 0 saturated carbocycles. The van der Waals surface area contributed by atoms with E-state index in [-0.39, 0.29) is 12.1 Å². The fraction of sp³-hybridized carbons (Fsp3) is 0.286. The lowest BCUT2D eigenvalue weighted by atomic mass is 10.2. The maximum absolute atomic E-state index is 11.9. The van der Waals surface area contributed by atoms with E-state index in [4.69, 9.17) is 16.3 Å². The number of urea groups is 1. The van der Waals surface area contributed by atoms with Crippen LogP contribution in [0, 0.1) is 0 Å². The minimum Gasteiger partial charge on any atom is -0.471 e. The van der Waals surface area contributed by atoms with Crippen molar-refractivity contribution in [2.45, 2.75) is 12.6 Å². The Bertz CT molecular complexity index is 597. The molecule has 7 heteroatoms. The van der Waals surface area contributed by atoms with Crippen LogP contribution in [0.25, 0.3) is 0 Å². The molecule has 1 aliphatic rings. The number of hydrogen-bond donors (Lipinski definition) is 1. The number of hydrogen-bond acceptors (Lipinski definition) is 4. The summed E-state index contributed by atoms with van der Waals surface area (Å²) in [4.78, 5) is 18.8. The first-order valence-electron chi connectivity index (χ1n) is 6.54. The molecule has 0 unspecified atom stereocenters. The Kier molecular flexibility index (Phi) is 4.26. The van der Waals surface area contributed by atoms with E-state index in [0.29, 0.717) is 30.5 Å². The first kappa shape index (κ1) is 14.2. The topological polar surface area (TPSA) is 54.5 Å². The van der Waals surface area contributed by atoms with Crippen molar-refractivity contribution in [2.24, 2.45) is 0 Å². The van der Waals surface area contributed by atoms with Crippen LogP contribution in [0.3, 0.4) is 0 Å². The van der Waals surface area contributed by atoms with Crippen LogP contribution in [0.1, 0.15) is 4.88 Å². The third kappa shape index (κ3) is 3.65. The van der Waals surface area contributed by atoms with Crippen LogP contribution >= 0.6 is 22.9 Å². The van der Waals surface area contributed by atoms with Gasteiger partial charge in [0.15, 0.2) is 0 Å². The SMILES string of the molecule is O=C(NCc1cccs1)N1CC(Oc2ccc(Cl)cn2)C1. The van der Waals surface area contributed by atoms with Gasteiger partial charge in [-0.15, -0.1) is 11.3 Å². The monoisotopic (exact) mass is 323 g/mol. The van der Waals surface area contributed by atoms with Crippen molar-refractivity contribution in [3.05, 3.63) is 45.7 Å². The molecule has 110 valence electrons. The summed E-state index contributed by atoms with van der Waals surface area (Å²) in [5, 5.41) is 5.46. The standard InChI is InChI=1S/C14H14ClN3O2S/c15-10-3-4-13(16-6-10)20-11-8-18(9-11)14(19)17-7-12-2-1-5-21-12/h1-6,11H,7-9H2,(H,17,19). The van der Waals surface area contributed by atoms with Crippen molar-refractivity contribution < 1.29 is 9.53 Å². The van der Waals surface area contributed by atoms with Crippen molar-refractivity contribution in [2.75, 3.05) is 13.1 Å². The molecule has 3 heterocycles. The molecule has 3 rings (SSSR count). The highest BCUT2D eigenvalue weighted by molar-refractivity contribution is 7.09. The summed E-state index contributed by atoms with van der Waals surface area (Å²) in [7, 11) is 0. The largest absolute Gasteiger partial charge is 0.471 e. The van der Waals surface area contributed by atoms with E-state index in [9.17, 15) is 4.79 Å². The molecule has 21 heavy (non-hydrogen) atoms. The number of nitrogens with one attached hydrogen (secondary N) is 1. The lowest BCUT2D eigenvalue weighted by Crippen LogP contribution is -2.58. The molecular formula is C14H14ClN3O2S. The molecule has 0 aromatic carbocycles. The Morgan fingerprint density at radius 3 is 3.00 bits per heavy atom. The summed E-state index contributed by atoms with van der Waals surface area (Å²) in [6.45, 7) is 1.71. The molecule has 0 bridgehead atoms. The Morgan fingerprint density at radius 1 is 1.48 bits per heavy atom. The molecule has 0 aliphatic carbocycles. The summed E-state index contributed by atoms with van der Waals surface area (Å²) in [5.41, 5.74) is 0. The predicted molar refractivity (Wildman–Crippen MR) is 81.8 cm³/mol. The summed E-state index contributed by atoms with van der Waals surface area (Å²) >= 11 is 7.39. The van der Waals surface area contributed by atoms with Gasteiger partial charge in [0.25, 0.3) is 0 Å². The zero-order valence-corrected chi connectivity index (χ0v) is 12.7. The molecule has 1 saturated heterocycles. The van der Waals surface area contributed by atoms with E-state index in [2.05, 4.69) is 10.3 Å². The van der Waals surface area contributed by atoms with Crippen molar-refractivity contribution >= 4 is 29.0 Å². The fourth-order valence-electron chi connectivity index (χ4n) is 1.97. The molecule has 1 aliphatic heterocycles. The first-order chi connectivity index (χ1) is 10.2. The van der Waals surface area contributed by atoms with E-state index in [1.807, 2.05) is 17.5 Å². The molecule has 5 nitrogen and oxygen atoms in total. The third-order valence-electron chi connectivity index (χ3n) is 3.12. The number of ether oxygens (including phenoxy) is 1. The summed E-state index contributed by atoms with van der Waals surface area (Å²) in [5.74, 6) is 0.531. The van der Waals surface area contributed by atoms with Gasteiger partial charge in [-0.05, 0) is 17.5 Å². The number of amides is 2. The highest BCUT2D eigenvalue weighted by Gasteiger charge is 2.32. The average Bonchev–Trinajstić information content (AvgIpc) is 2.95. The van der Waals surface area contributed by atoms with Crippen LogP contribution in [0.5, 0.6) is 5.88 Å². The molecule has 2 aromatic heterocycles. The summed E-state index contributed by atoms with van der Waals surface area (Å²) in [6, 6.07) is 7.36. The van der Waals surface area contributed by atoms with E-state index >= 15 is 0 Å². The number of aromatic nitrogens is 1. The predicted octanol–water partition coefficient (Wildman–Crippen LogP) is 2.77. The molecule has 0 radical (unpaired) electrons. The number of nitrogens with zero attached hydrogens (tertiary/aromatic N) is 2. The van der Waals surface area contributed by atoms with E-state index in [1.54, 1.807) is 34.6 Å². The van der Waals surface area contributed by atoms with Gasteiger partial charge in [-0.2, -0.15) is 0 Å². The van der Waals surface area contributed by atoms with Gasteiger partial charge in [0.05, 0.1) is 24.7 Å². The van der Waals surface area contributed by atoms with Gasteiger partial charge in [-0.3, -0.25) is 0 Å². The van der Waals surface area contributed by atoms with Crippen LogP contribution in [0.15, 0.2) is 35.8 Å².